The zero-order valence-corrected chi connectivity index (χ0v) is 12.1. The molecule has 2 aromatic rings. The maximum Gasteiger partial charge on any atom is 0.373 e. The van der Waals surface area contributed by atoms with E-state index in [1.54, 1.807) is 24.3 Å². The summed E-state index contributed by atoms with van der Waals surface area (Å²) >= 11 is 0. The summed E-state index contributed by atoms with van der Waals surface area (Å²) in [5.74, 6) is -0.0642. The number of esters is 1. The lowest BCUT2D eigenvalue weighted by Crippen LogP contribution is -2.22. The summed E-state index contributed by atoms with van der Waals surface area (Å²) in [7, 11) is 1.30. The summed E-state index contributed by atoms with van der Waals surface area (Å²) in [5, 5.41) is 3.32. The van der Waals surface area contributed by atoms with Gasteiger partial charge in [-0.3, -0.25) is 0 Å². The monoisotopic (exact) mass is 291 g/mol. The molecule has 1 N–H and O–H groups in total. The second-order valence-electron chi connectivity index (χ2n) is 4.63. The lowest BCUT2D eigenvalue weighted by Gasteiger charge is -2.16. The first-order valence-electron chi connectivity index (χ1n) is 6.82. The van der Waals surface area contributed by atoms with Gasteiger partial charge in [0.15, 0.2) is 0 Å². The Hall–Kier alpha value is -2.14. The highest BCUT2D eigenvalue weighted by Crippen LogP contribution is 2.24. The Bertz CT molecular complexity index is 592. The predicted octanol–water partition coefficient (Wildman–Crippen LogP) is 3.29. The van der Waals surface area contributed by atoms with Crippen molar-refractivity contribution in [3.8, 4) is 0 Å². The van der Waals surface area contributed by atoms with Gasteiger partial charge in [0, 0.05) is 0 Å². The molecule has 21 heavy (non-hydrogen) atoms. The quantitative estimate of drug-likeness (QED) is 0.830. The van der Waals surface area contributed by atoms with E-state index >= 15 is 0 Å². The molecule has 1 heterocycles. The van der Waals surface area contributed by atoms with Crippen LogP contribution in [0.5, 0.6) is 0 Å². The van der Waals surface area contributed by atoms with E-state index in [1.165, 1.54) is 19.2 Å². The molecule has 1 aromatic carbocycles. The predicted molar refractivity (Wildman–Crippen MR) is 76.6 cm³/mol. The van der Waals surface area contributed by atoms with E-state index in [1.807, 2.05) is 0 Å². The summed E-state index contributed by atoms with van der Waals surface area (Å²) < 4.78 is 23.2. The van der Waals surface area contributed by atoms with Crippen LogP contribution < -0.4 is 5.32 Å². The number of benzene rings is 1. The first-order chi connectivity index (χ1) is 10.2. The normalized spacial score (nSPS) is 12.1. The number of carbonyl (C=O) groups excluding carboxylic acids is 1. The van der Waals surface area contributed by atoms with Crippen LogP contribution in [-0.4, -0.2) is 19.6 Å². The van der Waals surface area contributed by atoms with Crippen molar-refractivity contribution in [3.63, 3.8) is 0 Å². The van der Waals surface area contributed by atoms with Gasteiger partial charge in [0.1, 0.15) is 11.6 Å². The average Bonchev–Trinajstić information content (AvgIpc) is 2.98. The van der Waals surface area contributed by atoms with Gasteiger partial charge in [-0.1, -0.05) is 19.1 Å². The van der Waals surface area contributed by atoms with Crippen LogP contribution in [0.4, 0.5) is 4.39 Å². The van der Waals surface area contributed by atoms with Crippen LogP contribution in [-0.2, 0) is 4.74 Å². The smallest absolute Gasteiger partial charge is 0.373 e. The number of hydrogen-bond acceptors (Lipinski definition) is 4. The first kappa shape index (κ1) is 15.3. The average molecular weight is 291 g/mol. The molecule has 5 heteroatoms. The highest BCUT2D eigenvalue weighted by molar-refractivity contribution is 5.86. The Morgan fingerprint density at radius 3 is 2.62 bits per heavy atom. The summed E-state index contributed by atoms with van der Waals surface area (Å²) in [6.45, 7) is 2.83. The number of carbonyl (C=O) groups is 1. The van der Waals surface area contributed by atoms with Crippen molar-refractivity contribution < 1.29 is 18.3 Å². The van der Waals surface area contributed by atoms with Crippen LogP contribution in [0.3, 0.4) is 0 Å². The number of furan rings is 1. The van der Waals surface area contributed by atoms with E-state index < -0.39 is 5.97 Å². The van der Waals surface area contributed by atoms with Gasteiger partial charge < -0.3 is 14.5 Å². The molecule has 0 aliphatic carbocycles. The molecular formula is C16H18FNO3. The molecule has 0 fully saturated rings. The van der Waals surface area contributed by atoms with Crippen LogP contribution in [0.2, 0.25) is 0 Å². The molecule has 0 aliphatic heterocycles. The van der Waals surface area contributed by atoms with Crippen LogP contribution >= 0.6 is 0 Å². The Morgan fingerprint density at radius 2 is 2.00 bits per heavy atom. The fourth-order valence-electron chi connectivity index (χ4n) is 2.04. The number of ether oxygens (including phenoxy) is 1. The summed E-state index contributed by atoms with van der Waals surface area (Å²) in [5.41, 5.74) is 0.871. The maximum absolute atomic E-state index is 13.1. The molecular weight excluding hydrogens is 273 g/mol. The molecule has 0 saturated heterocycles. The van der Waals surface area contributed by atoms with Crippen molar-refractivity contribution in [2.24, 2.45) is 0 Å². The molecule has 112 valence electrons. The lowest BCUT2D eigenvalue weighted by molar-refractivity contribution is 0.0562. The number of nitrogens with one attached hydrogen (secondary N) is 1. The van der Waals surface area contributed by atoms with Crippen molar-refractivity contribution in [3.05, 3.63) is 59.3 Å². The van der Waals surface area contributed by atoms with Gasteiger partial charge >= 0.3 is 5.97 Å². The van der Waals surface area contributed by atoms with Gasteiger partial charge in [0.05, 0.1) is 13.2 Å². The van der Waals surface area contributed by atoms with Crippen molar-refractivity contribution in [2.75, 3.05) is 13.7 Å². The van der Waals surface area contributed by atoms with Gasteiger partial charge in [-0.2, -0.15) is 0 Å². The highest BCUT2D eigenvalue weighted by Gasteiger charge is 2.19. The van der Waals surface area contributed by atoms with E-state index in [0.29, 0.717) is 5.76 Å². The third-order valence-corrected chi connectivity index (χ3v) is 3.10. The van der Waals surface area contributed by atoms with Crippen molar-refractivity contribution in [2.45, 2.75) is 19.4 Å². The minimum Gasteiger partial charge on any atom is -0.463 e. The Labute approximate surface area is 122 Å². The number of halogens is 1. The maximum atomic E-state index is 13.1. The van der Waals surface area contributed by atoms with E-state index in [2.05, 4.69) is 17.0 Å². The van der Waals surface area contributed by atoms with Crippen molar-refractivity contribution >= 4 is 5.97 Å². The fourth-order valence-corrected chi connectivity index (χ4v) is 2.04. The summed E-state index contributed by atoms with van der Waals surface area (Å²) in [4.78, 5) is 11.5. The highest BCUT2D eigenvalue weighted by atomic mass is 19.1. The number of hydrogen-bond donors (Lipinski definition) is 1. The molecule has 0 aliphatic rings. The lowest BCUT2D eigenvalue weighted by atomic mass is 10.0. The SMILES string of the molecule is CCCNC(c1ccc(F)cc1)c1ccc(C(=O)OC)o1. The molecule has 0 spiro atoms. The van der Waals surface area contributed by atoms with Crippen LogP contribution in [0.25, 0.3) is 0 Å². The molecule has 2 rings (SSSR count). The third kappa shape index (κ3) is 3.70. The van der Waals surface area contributed by atoms with Gasteiger partial charge in [-0.25, -0.2) is 9.18 Å². The minimum absolute atomic E-state index is 0.151. The number of methoxy groups -OCH3 is 1. The second kappa shape index (κ2) is 7.04. The zero-order chi connectivity index (χ0) is 15.2. The van der Waals surface area contributed by atoms with E-state index in [4.69, 9.17) is 4.42 Å². The minimum atomic E-state index is -0.519. The summed E-state index contributed by atoms with van der Waals surface area (Å²) in [6.07, 6.45) is 0.947. The summed E-state index contributed by atoms with van der Waals surface area (Å²) in [6, 6.07) is 9.27. The van der Waals surface area contributed by atoms with Gasteiger partial charge in [-0.05, 0) is 42.8 Å². The van der Waals surface area contributed by atoms with E-state index in [9.17, 15) is 9.18 Å². The van der Waals surface area contributed by atoms with E-state index in [-0.39, 0.29) is 17.6 Å². The third-order valence-electron chi connectivity index (χ3n) is 3.10. The van der Waals surface area contributed by atoms with Gasteiger partial charge in [0.25, 0.3) is 0 Å². The molecule has 1 atom stereocenters. The largest absolute Gasteiger partial charge is 0.463 e. The molecule has 0 bridgehead atoms. The topological polar surface area (TPSA) is 51.5 Å². The van der Waals surface area contributed by atoms with Crippen LogP contribution in [0, 0.1) is 5.82 Å². The molecule has 4 nitrogen and oxygen atoms in total. The Morgan fingerprint density at radius 1 is 1.29 bits per heavy atom. The fraction of sp³-hybridized carbons (Fsp3) is 0.312. The molecule has 0 saturated carbocycles. The number of rotatable bonds is 6. The van der Waals surface area contributed by atoms with Crippen molar-refractivity contribution in [1.29, 1.82) is 0 Å². The van der Waals surface area contributed by atoms with Gasteiger partial charge in [-0.15, -0.1) is 0 Å². The molecule has 0 radical (unpaired) electrons. The standard InChI is InChI=1S/C16H18FNO3/c1-3-10-18-15(11-4-6-12(17)7-5-11)13-8-9-14(21-13)16(19)20-2/h4-9,15,18H,3,10H2,1-2H3. The Balaban J connectivity index is 2.29. The van der Waals surface area contributed by atoms with Crippen LogP contribution in [0.15, 0.2) is 40.8 Å². The second-order valence-corrected chi connectivity index (χ2v) is 4.63. The molecule has 1 unspecified atom stereocenters. The van der Waals surface area contributed by atoms with Crippen LogP contribution in [0.1, 0.15) is 41.3 Å². The zero-order valence-electron chi connectivity index (χ0n) is 12.1. The molecule has 0 amide bonds. The van der Waals surface area contributed by atoms with E-state index in [0.717, 1.165) is 18.5 Å². The Kier molecular flexibility index (Phi) is 5.11. The van der Waals surface area contributed by atoms with Crippen molar-refractivity contribution in [1.82, 2.24) is 5.32 Å². The van der Waals surface area contributed by atoms with Gasteiger partial charge in [0.2, 0.25) is 5.76 Å². The molecule has 1 aromatic heterocycles. The first-order valence-corrected chi connectivity index (χ1v) is 6.82.